The summed E-state index contributed by atoms with van der Waals surface area (Å²) >= 11 is 3.32. The van der Waals surface area contributed by atoms with Crippen molar-refractivity contribution in [3.8, 4) is 22.6 Å². The van der Waals surface area contributed by atoms with Gasteiger partial charge in [-0.15, -0.1) is 0 Å². The van der Waals surface area contributed by atoms with E-state index in [4.69, 9.17) is 9.52 Å². The number of carbonyl (C=O) groups is 1. The maximum Gasteiger partial charge on any atom is 0.314 e. The van der Waals surface area contributed by atoms with Gasteiger partial charge in [-0.1, -0.05) is 54.2 Å². The number of hydrogen-bond acceptors (Lipinski definition) is 4. The van der Waals surface area contributed by atoms with E-state index in [9.17, 15) is 4.79 Å². The predicted molar refractivity (Wildman–Crippen MR) is 98.5 cm³/mol. The molecule has 0 atom stereocenters. The highest BCUT2D eigenvalue weighted by molar-refractivity contribution is 14.1. The molecule has 0 aliphatic carbocycles. The second kappa shape index (κ2) is 7.18. The van der Waals surface area contributed by atoms with Crippen molar-refractivity contribution in [3.63, 3.8) is 0 Å². The Hall–Kier alpha value is -1.80. The van der Waals surface area contributed by atoms with E-state index in [2.05, 4.69) is 27.6 Å². The zero-order valence-electron chi connectivity index (χ0n) is 11.9. The van der Waals surface area contributed by atoms with Crippen LogP contribution < -0.4 is 0 Å². The molecule has 23 heavy (non-hydrogen) atoms. The number of carboxylic acids is 1. The standard InChI is InChI=1S/C17H12INO3S/c18-13-8-6-12(7-9-13)16-15(11-4-2-1-3-5-11)19-17(22-16)23-10-14(20)21/h1-9H,10H2,(H,20,21). The average Bonchev–Trinajstić information content (AvgIpc) is 2.99. The average molecular weight is 437 g/mol. The fraction of sp³-hybridized carbons (Fsp3) is 0.0588. The van der Waals surface area contributed by atoms with Gasteiger partial charge in [-0.2, -0.15) is 0 Å². The van der Waals surface area contributed by atoms with Crippen LogP contribution in [0.15, 0.2) is 64.2 Å². The Labute approximate surface area is 151 Å². The van der Waals surface area contributed by atoms with E-state index in [1.807, 2.05) is 54.6 Å². The molecule has 0 aliphatic heterocycles. The molecule has 3 rings (SSSR count). The van der Waals surface area contributed by atoms with Gasteiger partial charge in [0.2, 0.25) is 0 Å². The Bertz CT molecular complexity index is 816. The summed E-state index contributed by atoms with van der Waals surface area (Å²) in [5.74, 6) is -0.327. The van der Waals surface area contributed by atoms with Crippen LogP contribution in [0.5, 0.6) is 0 Å². The molecule has 1 heterocycles. The summed E-state index contributed by atoms with van der Waals surface area (Å²) in [6, 6.07) is 17.7. The fourth-order valence-corrected chi connectivity index (χ4v) is 2.98. The highest BCUT2D eigenvalue weighted by Crippen LogP contribution is 2.35. The Morgan fingerprint density at radius 3 is 2.43 bits per heavy atom. The summed E-state index contributed by atoms with van der Waals surface area (Å²) in [6.07, 6.45) is 0. The molecule has 0 spiro atoms. The first-order valence-electron chi connectivity index (χ1n) is 6.80. The molecule has 0 saturated carbocycles. The monoisotopic (exact) mass is 437 g/mol. The van der Waals surface area contributed by atoms with E-state index in [0.29, 0.717) is 11.0 Å². The van der Waals surface area contributed by atoms with Crippen LogP contribution in [0, 0.1) is 3.57 Å². The predicted octanol–water partition coefficient (Wildman–Crippen LogP) is 4.79. The summed E-state index contributed by atoms with van der Waals surface area (Å²) < 4.78 is 6.96. The van der Waals surface area contributed by atoms with Gasteiger partial charge in [0, 0.05) is 14.7 Å². The van der Waals surface area contributed by atoms with Gasteiger partial charge in [0.15, 0.2) is 5.76 Å². The number of oxazole rings is 1. The molecule has 6 heteroatoms. The summed E-state index contributed by atoms with van der Waals surface area (Å²) in [5, 5.41) is 9.19. The number of rotatable bonds is 5. The van der Waals surface area contributed by atoms with Crippen molar-refractivity contribution < 1.29 is 14.3 Å². The van der Waals surface area contributed by atoms with Gasteiger partial charge in [-0.3, -0.25) is 4.79 Å². The molecule has 0 amide bonds. The molecule has 0 radical (unpaired) electrons. The number of halogens is 1. The molecule has 2 aromatic carbocycles. The van der Waals surface area contributed by atoms with Crippen LogP contribution >= 0.6 is 34.4 Å². The van der Waals surface area contributed by atoms with Crippen LogP contribution in [-0.4, -0.2) is 21.8 Å². The van der Waals surface area contributed by atoms with Crippen LogP contribution in [0.3, 0.4) is 0 Å². The Morgan fingerprint density at radius 2 is 1.78 bits per heavy atom. The van der Waals surface area contributed by atoms with Gasteiger partial charge in [0.05, 0.1) is 0 Å². The molecule has 0 unspecified atom stereocenters. The van der Waals surface area contributed by atoms with Crippen molar-refractivity contribution in [1.82, 2.24) is 4.98 Å². The Balaban J connectivity index is 2.05. The first-order chi connectivity index (χ1) is 11.1. The molecule has 4 nitrogen and oxygen atoms in total. The third kappa shape index (κ3) is 3.94. The topological polar surface area (TPSA) is 63.3 Å². The Kier molecular flexibility index (Phi) is 5.02. The number of hydrogen-bond donors (Lipinski definition) is 1. The number of carboxylic acid groups (broad SMARTS) is 1. The molecule has 116 valence electrons. The highest BCUT2D eigenvalue weighted by Gasteiger charge is 2.17. The van der Waals surface area contributed by atoms with E-state index in [1.165, 1.54) is 0 Å². The Morgan fingerprint density at radius 1 is 1.09 bits per heavy atom. The van der Waals surface area contributed by atoms with E-state index in [0.717, 1.165) is 32.2 Å². The summed E-state index contributed by atoms with van der Waals surface area (Å²) in [7, 11) is 0. The summed E-state index contributed by atoms with van der Waals surface area (Å²) in [5.41, 5.74) is 2.57. The van der Waals surface area contributed by atoms with Crippen molar-refractivity contribution in [2.45, 2.75) is 5.22 Å². The third-order valence-corrected chi connectivity index (χ3v) is 4.61. The van der Waals surface area contributed by atoms with Crippen LogP contribution in [0.25, 0.3) is 22.6 Å². The minimum atomic E-state index is -0.898. The lowest BCUT2D eigenvalue weighted by molar-refractivity contribution is -0.133. The van der Waals surface area contributed by atoms with Gasteiger partial charge in [0.25, 0.3) is 5.22 Å². The van der Waals surface area contributed by atoms with Crippen LogP contribution in [0.4, 0.5) is 0 Å². The van der Waals surface area contributed by atoms with Crippen LogP contribution in [-0.2, 0) is 4.79 Å². The largest absolute Gasteiger partial charge is 0.481 e. The molecule has 1 N–H and O–H groups in total. The maximum atomic E-state index is 10.8. The normalized spacial score (nSPS) is 10.7. The highest BCUT2D eigenvalue weighted by atomic mass is 127. The smallest absolute Gasteiger partial charge is 0.314 e. The fourth-order valence-electron chi connectivity index (χ4n) is 2.07. The van der Waals surface area contributed by atoms with Gasteiger partial charge in [0.1, 0.15) is 11.4 Å². The molecule has 0 aliphatic rings. The zero-order chi connectivity index (χ0) is 16.2. The molecule has 0 saturated heterocycles. The maximum absolute atomic E-state index is 10.8. The number of nitrogens with zero attached hydrogens (tertiary/aromatic N) is 1. The minimum absolute atomic E-state index is 0.0825. The van der Waals surface area contributed by atoms with E-state index in [1.54, 1.807) is 0 Å². The van der Waals surface area contributed by atoms with Crippen LogP contribution in [0.1, 0.15) is 0 Å². The molecule has 0 fully saturated rings. The lowest BCUT2D eigenvalue weighted by Gasteiger charge is -2.01. The lowest BCUT2D eigenvalue weighted by Crippen LogP contribution is -1.97. The second-order valence-electron chi connectivity index (χ2n) is 4.71. The van der Waals surface area contributed by atoms with Crippen molar-refractivity contribution >= 4 is 40.3 Å². The SMILES string of the molecule is O=C(O)CSc1nc(-c2ccccc2)c(-c2ccc(I)cc2)o1. The van der Waals surface area contributed by atoms with E-state index < -0.39 is 5.97 Å². The van der Waals surface area contributed by atoms with E-state index in [-0.39, 0.29) is 5.75 Å². The number of aromatic nitrogens is 1. The second-order valence-corrected chi connectivity index (χ2v) is 6.89. The summed E-state index contributed by atoms with van der Waals surface area (Å²) in [6.45, 7) is 0. The minimum Gasteiger partial charge on any atom is -0.481 e. The number of thioether (sulfide) groups is 1. The summed E-state index contributed by atoms with van der Waals surface area (Å²) in [4.78, 5) is 15.2. The third-order valence-electron chi connectivity index (χ3n) is 3.08. The zero-order valence-corrected chi connectivity index (χ0v) is 14.9. The number of benzene rings is 2. The lowest BCUT2D eigenvalue weighted by atomic mass is 10.1. The van der Waals surface area contributed by atoms with Crippen molar-refractivity contribution in [2.75, 3.05) is 5.75 Å². The van der Waals surface area contributed by atoms with E-state index >= 15 is 0 Å². The van der Waals surface area contributed by atoms with Crippen molar-refractivity contribution in [3.05, 3.63) is 58.2 Å². The van der Waals surface area contributed by atoms with Gasteiger partial charge in [-0.05, 0) is 34.7 Å². The molecule has 0 bridgehead atoms. The molecular formula is C17H12INO3S. The first kappa shape index (κ1) is 16.1. The van der Waals surface area contributed by atoms with Crippen LogP contribution in [0.2, 0.25) is 0 Å². The quantitative estimate of drug-likeness (QED) is 0.460. The molecular weight excluding hydrogens is 425 g/mol. The van der Waals surface area contributed by atoms with Crippen molar-refractivity contribution in [1.29, 1.82) is 0 Å². The number of aliphatic carboxylic acids is 1. The molecule has 3 aromatic rings. The first-order valence-corrected chi connectivity index (χ1v) is 8.86. The molecule has 1 aromatic heterocycles. The van der Waals surface area contributed by atoms with Gasteiger partial charge >= 0.3 is 5.97 Å². The van der Waals surface area contributed by atoms with Gasteiger partial charge in [-0.25, -0.2) is 4.98 Å². The van der Waals surface area contributed by atoms with Crippen molar-refractivity contribution in [2.24, 2.45) is 0 Å². The van der Waals surface area contributed by atoms with Gasteiger partial charge < -0.3 is 9.52 Å².